The van der Waals surface area contributed by atoms with Crippen molar-refractivity contribution in [1.29, 1.82) is 0 Å². The number of hydrogen-bond donors (Lipinski definition) is 1. The molecule has 0 saturated carbocycles. The molecule has 0 bridgehead atoms. The number of carboxylic acid groups (broad SMARTS) is 1. The fourth-order valence-electron chi connectivity index (χ4n) is 3.60. The van der Waals surface area contributed by atoms with E-state index in [1.54, 1.807) is 12.1 Å². The maximum absolute atomic E-state index is 11.0. The number of hydrogen-bond acceptors (Lipinski definition) is 3. The lowest BCUT2D eigenvalue weighted by molar-refractivity contribution is 0.0697. The molecule has 0 amide bonds. The highest BCUT2D eigenvalue weighted by Gasteiger charge is 2.19. The Balaban J connectivity index is 1.65. The van der Waals surface area contributed by atoms with Gasteiger partial charge in [0.25, 0.3) is 0 Å². The lowest BCUT2D eigenvalue weighted by atomic mass is 9.90. The van der Waals surface area contributed by atoms with Gasteiger partial charge in [0.2, 0.25) is 0 Å². The Morgan fingerprint density at radius 1 is 1.12 bits per heavy atom. The van der Waals surface area contributed by atoms with Crippen LogP contribution in [0.2, 0.25) is 0 Å². The molecule has 3 aromatic rings. The Labute approximate surface area is 146 Å². The van der Waals surface area contributed by atoms with Crippen LogP contribution in [0.25, 0.3) is 16.6 Å². The van der Waals surface area contributed by atoms with E-state index in [0.717, 1.165) is 29.7 Å². The van der Waals surface area contributed by atoms with Crippen LogP contribution in [0.4, 0.5) is 0 Å². The van der Waals surface area contributed by atoms with Crippen LogP contribution in [0, 0.1) is 0 Å². The Hall–Kier alpha value is -2.66. The molecule has 1 aromatic carbocycles. The summed E-state index contributed by atoms with van der Waals surface area (Å²) in [5, 5.41) is 13.5. The summed E-state index contributed by atoms with van der Waals surface area (Å²) in [5.41, 5.74) is 4.68. The molecule has 1 saturated heterocycles. The number of aromatic carboxylic acids is 1. The van der Waals surface area contributed by atoms with E-state index < -0.39 is 5.97 Å². The number of piperidine rings is 1. The molecule has 0 atom stereocenters. The van der Waals surface area contributed by atoms with Crippen LogP contribution in [-0.4, -0.2) is 45.7 Å². The maximum Gasteiger partial charge on any atom is 0.335 e. The van der Waals surface area contributed by atoms with Crippen molar-refractivity contribution in [2.45, 2.75) is 18.8 Å². The summed E-state index contributed by atoms with van der Waals surface area (Å²) in [6, 6.07) is 11.3. The zero-order valence-electron chi connectivity index (χ0n) is 14.2. The third-order valence-electron chi connectivity index (χ3n) is 5.17. The van der Waals surface area contributed by atoms with Gasteiger partial charge in [-0.15, -0.1) is 0 Å². The Kier molecular flexibility index (Phi) is 4.01. The van der Waals surface area contributed by atoms with Crippen LogP contribution in [-0.2, 0) is 0 Å². The van der Waals surface area contributed by atoms with Crippen LogP contribution in [0.3, 0.4) is 0 Å². The average molecular weight is 335 g/mol. The number of carbonyl (C=O) groups is 1. The summed E-state index contributed by atoms with van der Waals surface area (Å²) >= 11 is 0. The number of likely N-dealkylation sites (tertiary alicyclic amines) is 1. The molecule has 1 N–H and O–H groups in total. The Morgan fingerprint density at radius 3 is 2.52 bits per heavy atom. The van der Waals surface area contributed by atoms with Gasteiger partial charge in [0.15, 0.2) is 0 Å². The first kappa shape index (κ1) is 15.8. The molecule has 2 aromatic heterocycles. The third kappa shape index (κ3) is 3.03. The molecule has 128 valence electrons. The lowest BCUT2D eigenvalue weighted by Crippen LogP contribution is -2.29. The van der Waals surface area contributed by atoms with E-state index in [1.165, 1.54) is 18.4 Å². The largest absolute Gasteiger partial charge is 0.478 e. The van der Waals surface area contributed by atoms with Crippen LogP contribution < -0.4 is 0 Å². The summed E-state index contributed by atoms with van der Waals surface area (Å²) in [5.74, 6) is -0.308. The molecule has 3 heterocycles. The Bertz CT molecular complexity index is 906. The monoisotopic (exact) mass is 335 g/mol. The highest BCUT2D eigenvalue weighted by atomic mass is 16.4. The number of benzene rings is 1. The summed E-state index contributed by atoms with van der Waals surface area (Å²) in [4.78, 5) is 13.4. The van der Waals surface area contributed by atoms with Crippen molar-refractivity contribution in [1.82, 2.24) is 14.5 Å². The van der Waals surface area contributed by atoms with Gasteiger partial charge in [0.1, 0.15) is 0 Å². The van der Waals surface area contributed by atoms with Crippen molar-refractivity contribution < 1.29 is 9.90 Å². The first-order valence-corrected chi connectivity index (χ1v) is 8.61. The van der Waals surface area contributed by atoms with E-state index in [4.69, 9.17) is 5.11 Å². The molecule has 1 fully saturated rings. The second kappa shape index (κ2) is 6.33. The molecule has 1 aliphatic rings. The van der Waals surface area contributed by atoms with Gasteiger partial charge in [-0.25, -0.2) is 9.31 Å². The van der Waals surface area contributed by atoms with Crippen molar-refractivity contribution >= 4 is 11.5 Å². The quantitative estimate of drug-likeness (QED) is 0.796. The van der Waals surface area contributed by atoms with E-state index in [2.05, 4.69) is 35.4 Å². The van der Waals surface area contributed by atoms with Crippen molar-refractivity contribution in [3.8, 4) is 11.1 Å². The van der Waals surface area contributed by atoms with Gasteiger partial charge in [-0.1, -0.05) is 18.2 Å². The molecule has 4 rings (SSSR count). The highest BCUT2D eigenvalue weighted by Crippen LogP contribution is 2.30. The number of pyridine rings is 1. The van der Waals surface area contributed by atoms with Crippen molar-refractivity contribution in [2.24, 2.45) is 0 Å². The minimum atomic E-state index is -0.908. The molecular formula is C20H21N3O2. The summed E-state index contributed by atoms with van der Waals surface area (Å²) < 4.78 is 1.94. The van der Waals surface area contributed by atoms with E-state index in [1.807, 2.05) is 22.8 Å². The molecule has 5 nitrogen and oxygen atoms in total. The molecule has 0 spiro atoms. The normalized spacial score (nSPS) is 16.4. The van der Waals surface area contributed by atoms with Crippen LogP contribution in [0.1, 0.15) is 34.7 Å². The summed E-state index contributed by atoms with van der Waals surface area (Å²) in [6.45, 7) is 2.28. The minimum Gasteiger partial charge on any atom is -0.478 e. The van der Waals surface area contributed by atoms with Crippen molar-refractivity contribution in [3.63, 3.8) is 0 Å². The van der Waals surface area contributed by atoms with E-state index in [-0.39, 0.29) is 0 Å². The van der Waals surface area contributed by atoms with E-state index in [9.17, 15) is 4.79 Å². The number of aromatic nitrogens is 2. The van der Waals surface area contributed by atoms with E-state index in [0.29, 0.717) is 11.5 Å². The molecule has 1 aliphatic heterocycles. The standard InChI is InChI=1S/C20H21N3O2/c1-22-10-8-14(9-11-22)17-6-7-19-18(12-21-23(19)13-17)15-2-4-16(5-3-15)20(24)25/h2-7,12-14H,8-11H2,1H3,(H,24,25). The van der Waals surface area contributed by atoms with Gasteiger partial charge in [0.05, 0.1) is 17.3 Å². The van der Waals surface area contributed by atoms with Gasteiger partial charge in [0, 0.05) is 11.8 Å². The van der Waals surface area contributed by atoms with Gasteiger partial charge >= 0.3 is 5.97 Å². The minimum absolute atomic E-state index is 0.296. The molecule has 0 aliphatic carbocycles. The first-order chi connectivity index (χ1) is 12.1. The van der Waals surface area contributed by atoms with Crippen LogP contribution >= 0.6 is 0 Å². The molecule has 25 heavy (non-hydrogen) atoms. The third-order valence-corrected chi connectivity index (χ3v) is 5.17. The summed E-state index contributed by atoms with van der Waals surface area (Å²) in [6.07, 6.45) is 6.36. The second-order valence-electron chi connectivity index (χ2n) is 6.81. The average Bonchev–Trinajstić information content (AvgIpc) is 3.05. The Morgan fingerprint density at radius 2 is 1.84 bits per heavy atom. The topological polar surface area (TPSA) is 57.8 Å². The van der Waals surface area contributed by atoms with Gasteiger partial charge in [-0.05, 0) is 68.2 Å². The second-order valence-corrected chi connectivity index (χ2v) is 6.81. The lowest BCUT2D eigenvalue weighted by Gasteiger charge is -2.29. The van der Waals surface area contributed by atoms with Crippen molar-refractivity contribution in [2.75, 3.05) is 20.1 Å². The smallest absolute Gasteiger partial charge is 0.335 e. The van der Waals surface area contributed by atoms with Crippen LogP contribution in [0.5, 0.6) is 0 Å². The fraction of sp³-hybridized carbons (Fsp3) is 0.300. The van der Waals surface area contributed by atoms with Crippen LogP contribution in [0.15, 0.2) is 48.8 Å². The number of carboxylic acids is 1. The highest BCUT2D eigenvalue weighted by molar-refractivity contribution is 5.89. The molecular weight excluding hydrogens is 314 g/mol. The molecule has 0 radical (unpaired) electrons. The fourth-order valence-corrected chi connectivity index (χ4v) is 3.60. The van der Waals surface area contributed by atoms with Gasteiger partial charge in [-0.2, -0.15) is 5.10 Å². The molecule has 0 unspecified atom stereocenters. The summed E-state index contributed by atoms with van der Waals surface area (Å²) in [7, 11) is 2.18. The zero-order valence-corrected chi connectivity index (χ0v) is 14.2. The number of nitrogens with zero attached hydrogens (tertiary/aromatic N) is 3. The van der Waals surface area contributed by atoms with Crippen molar-refractivity contribution in [3.05, 3.63) is 59.9 Å². The van der Waals surface area contributed by atoms with Gasteiger partial charge < -0.3 is 10.0 Å². The van der Waals surface area contributed by atoms with E-state index >= 15 is 0 Å². The van der Waals surface area contributed by atoms with Gasteiger partial charge in [-0.3, -0.25) is 0 Å². The number of rotatable bonds is 3. The maximum atomic E-state index is 11.0. The SMILES string of the molecule is CN1CCC(c2ccc3c(-c4ccc(C(=O)O)cc4)cnn3c2)CC1. The predicted octanol–water partition coefficient (Wildman–Crippen LogP) is 3.51. The zero-order chi connectivity index (χ0) is 17.4. The number of fused-ring (bicyclic) bond motifs is 1. The predicted molar refractivity (Wildman–Crippen MR) is 97.1 cm³/mol. The molecule has 5 heteroatoms. The first-order valence-electron chi connectivity index (χ1n) is 8.61.